The molecule has 1 aromatic heterocycles. The summed E-state index contributed by atoms with van der Waals surface area (Å²) in [5.41, 5.74) is 0.374. The molecule has 1 aromatic carbocycles. The number of piperidine rings is 1. The maximum Gasteiger partial charge on any atom is 0.273 e. The summed E-state index contributed by atoms with van der Waals surface area (Å²) < 4.78 is 41.6. The molecule has 0 aliphatic carbocycles. The van der Waals surface area contributed by atoms with Crippen molar-refractivity contribution in [2.75, 3.05) is 25.5 Å². The molecule has 9 nitrogen and oxygen atoms in total. The summed E-state index contributed by atoms with van der Waals surface area (Å²) in [6.45, 7) is 2.65. The van der Waals surface area contributed by atoms with Gasteiger partial charge in [-0.2, -0.15) is 9.40 Å². The predicted octanol–water partition coefficient (Wildman–Crippen LogP) is 1.44. The fourth-order valence-corrected chi connectivity index (χ4v) is 4.85. The molecule has 2 amide bonds. The van der Waals surface area contributed by atoms with Crippen LogP contribution in [0.25, 0.3) is 0 Å². The van der Waals surface area contributed by atoms with Gasteiger partial charge in [-0.15, -0.1) is 0 Å². The van der Waals surface area contributed by atoms with E-state index in [1.165, 1.54) is 28.2 Å². The minimum Gasteiger partial charge on any atom is -0.354 e. The molecule has 30 heavy (non-hydrogen) atoms. The van der Waals surface area contributed by atoms with Gasteiger partial charge in [-0.05, 0) is 44.0 Å². The number of nitrogens with zero attached hydrogens (tertiary/aromatic N) is 3. The summed E-state index contributed by atoms with van der Waals surface area (Å²) in [5, 5.41) is 9.35. The first-order chi connectivity index (χ1) is 14.3. The van der Waals surface area contributed by atoms with Gasteiger partial charge < -0.3 is 10.6 Å². The molecule has 1 aliphatic heterocycles. The first-order valence-corrected chi connectivity index (χ1v) is 11.1. The quantitative estimate of drug-likeness (QED) is 0.710. The zero-order valence-electron chi connectivity index (χ0n) is 16.8. The molecule has 1 fully saturated rings. The molecule has 0 saturated carbocycles. The highest BCUT2D eigenvalue weighted by atomic mass is 32.2. The van der Waals surface area contributed by atoms with Crippen molar-refractivity contribution in [1.29, 1.82) is 0 Å². The average molecular weight is 437 g/mol. The number of sulfonamides is 1. The lowest BCUT2D eigenvalue weighted by Gasteiger charge is -2.31. The Labute approximate surface area is 174 Å². The highest BCUT2D eigenvalue weighted by molar-refractivity contribution is 7.89. The monoisotopic (exact) mass is 437 g/mol. The topological polar surface area (TPSA) is 113 Å². The van der Waals surface area contributed by atoms with Gasteiger partial charge in [-0.25, -0.2) is 12.8 Å². The highest BCUT2D eigenvalue weighted by Gasteiger charge is 2.34. The van der Waals surface area contributed by atoms with Crippen LogP contribution in [0.1, 0.15) is 30.3 Å². The summed E-state index contributed by atoms with van der Waals surface area (Å²) in [6.07, 6.45) is 2.59. The van der Waals surface area contributed by atoms with E-state index in [1.807, 2.05) is 6.92 Å². The van der Waals surface area contributed by atoms with Gasteiger partial charge in [0.2, 0.25) is 15.9 Å². The number of aryl methyl sites for hydroxylation is 1. The van der Waals surface area contributed by atoms with E-state index in [2.05, 4.69) is 15.7 Å². The molecule has 0 bridgehead atoms. The largest absolute Gasteiger partial charge is 0.354 e. The normalized spacial score (nSPS) is 17.5. The van der Waals surface area contributed by atoms with Gasteiger partial charge in [0.05, 0.1) is 16.5 Å². The molecule has 0 spiro atoms. The van der Waals surface area contributed by atoms with Crippen molar-refractivity contribution >= 4 is 27.5 Å². The molecule has 2 heterocycles. The first-order valence-electron chi connectivity index (χ1n) is 9.62. The Bertz CT molecular complexity index is 1040. The van der Waals surface area contributed by atoms with Crippen LogP contribution < -0.4 is 10.6 Å². The van der Waals surface area contributed by atoms with Gasteiger partial charge in [0.25, 0.3) is 5.91 Å². The Kier molecular flexibility index (Phi) is 6.52. The van der Waals surface area contributed by atoms with Crippen LogP contribution >= 0.6 is 0 Å². The summed E-state index contributed by atoms with van der Waals surface area (Å²) in [5.74, 6) is -1.92. The minimum absolute atomic E-state index is 0.00274. The summed E-state index contributed by atoms with van der Waals surface area (Å²) in [7, 11) is -2.37. The first kappa shape index (κ1) is 21.9. The molecule has 0 radical (unpaired) electrons. The number of anilines is 1. The van der Waals surface area contributed by atoms with Crippen LogP contribution in [0.3, 0.4) is 0 Å². The van der Waals surface area contributed by atoms with Crippen LogP contribution in [0.2, 0.25) is 0 Å². The van der Waals surface area contributed by atoms with Crippen LogP contribution in [0.15, 0.2) is 35.4 Å². The molecule has 1 atom stereocenters. The number of hydrogen-bond acceptors (Lipinski definition) is 5. The number of halogens is 1. The van der Waals surface area contributed by atoms with Crippen LogP contribution in [0.5, 0.6) is 0 Å². The molecule has 2 aromatic rings. The molecular formula is C19H24FN5O4S. The average Bonchev–Trinajstić information content (AvgIpc) is 3.16. The van der Waals surface area contributed by atoms with Crippen molar-refractivity contribution in [3.63, 3.8) is 0 Å². The number of aromatic nitrogens is 2. The highest BCUT2D eigenvalue weighted by Crippen LogP contribution is 2.25. The van der Waals surface area contributed by atoms with Gasteiger partial charge in [-0.3, -0.25) is 14.3 Å². The standard InChI is InChI=1S/C19H24FN5O4S/c1-3-24-12-16(17(23-24)19(27)21-2)22-18(26)13-5-4-10-25(11-13)30(28,29)15-8-6-14(20)7-9-15/h6-9,12-13H,3-5,10-11H2,1-2H3,(H,21,27)(H,22,26)/t13-/m1/s1. The molecule has 1 aliphatic rings. The number of amides is 2. The van der Waals surface area contributed by atoms with Crippen molar-refractivity contribution < 1.29 is 22.4 Å². The van der Waals surface area contributed by atoms with Crippen LogP contribution in [0, 0.1) is 11.7 Å². The molecular weight excluding hydrogens is 413 g/mol. The van der Waals surface area contributed by atoms with Crippen molar-refractivity contribution in [2.24, 2.45) is 5.92 Å². The van der Waals surface area contributed by atoms with E-state index in [9.17, 15) is 22.4 Å². The number of carbonyl (C=O) groups excluding carboxylic acids is 2. The molecule has 3 rings (SSSR count). The lowest BCUT2D eigenvalue weighted by Crippen LogP contribution is -2.43. The smallest absolute Gasteiger partial charge is 0.273 e. The third-order valence-corrected chi connectivity index (χ3v) is 6.87. The van der Waals surface area contributed by atoms with Gasteiger partial charge in [0, 0.05) is 32.9 Å². The number of hydrogen-bond donors (Lipinski definition) is 2. The molecule has 1 saturated heterocycles. The second-order valence-corrected chi connectivity index (χ2v) is 8.91. The van der Waals surface area contributed by atoms with Gasteiger partial charge >= 0.3 is 0 Å². The van der Waals surface area contributed by atoms with Gasteiger partial charge in [-0.1, -0.05) is 0 Å². The van der Waals surface area contributed by atoms with Gasteiger partial charge in [0.1, 0.15) is 5.82 Å². The Morgan fingerprint density at radius 2 is 1.97 bits per heavy atom. The van der Waals surface area contributed by atoms with E-state index in [0.717, 1.165) is 12.1 Å². The third kappa shape index (κ3) is 4.51. The zero-order chi connectivity index (χ0) is 21.9. The van der Waals surface area contributed by atoms with Crippen LogP contribution in [0.4, 0.5) is 10.1 Å². The predicted molar refractivity (Wildman–Crippen MR) is 108 cm³/mol. The SMILES string of the molecule is CCn1cc(NC(=O)[C@@H]2CCCN(S(=O)(=O)c3ccc(F)cc3)C2)c(C(=O)NC)n1. The third-order valence-electron chi connectivity index (χ3n) is 4.99. The van der Waals surface area contributed by atoms with E-state index in [0.29, 0.717) is 19.4 Å². The van der Waals surface area contributed by atoms with Crippen LogP contribution in [-0.2, 0) is 21.4 Å². The summed E-state index contributed by atoms with van der Waals surface area (Å²) in [4.78, 5) is 24.8. The van der Waals surface area contributed by atoms with E-state index in [4.69, 9.17) is 0 Å². The van der Waals surface area contributed by atoms with E-state index in [1.54, 1.807) is 6.20 Å². The fraction of sp³-hybridized carbons (Fsp3) is 0.421. The molecule has 0 unspecified atom stereocenters. The summed E-state index contributed by atoms with van der Waals surface area (Å²) in [6, 6.07) is 4.60. The second-order valence-electron chi connectivity index (χ2n) is 6.97. The Morgan fingerprint density at radius 1 is 1.27 bits per heavy atom. The number of nitrogens with one attached hydrogen (secondary N) is 2. The Balaban J connectivity index is 1.76. The second kappa shape index (κ2) is 8.92. The molecule has 11 heteroatoms. The van der Waals surface area contributed by atoms with Crippen molar-refractivity contribution in [3.05, 3.63) is 42.0 Å². The van der Waals surface area contributed by atoms with E-state index in [-0.39, 0.29) is 35.3 Å². The van der Waals surface area contributed by atoms with Crippen molar-refractivity contribution in [2.45, 2.75) is 31.2 Å². The maximum absolute atomic E-state index is 13.1. The molecule has 2 N–H and O–H groups in total. The Morgan fingerprint density at radius 3 is 2.60 bits per heavy atom. The van der Waals surface area contributed by atoms with Crippen molar-refractivity contribution in [3.8, 4) is 0 Å². The van der Waals surface area contributed by atoms with Gasteiger partial charge in [0.15, 0.2) is 5.69 Å². The van der Waals surface area contributed by atoms with E-state index < -0.39 is 27.7 Å². The van der Waals surface area contributed by atoms with Crippen molar-refractivity contribution in [1.82, 2.24) is 19.4 Å². The lowest BCUT2D eigenvalue weighted by molar-refractivity contribution is -0.120. The molecule has 162 valence electrons. The Hall–Kier alpha value is -2.79. The maximum atomic E-state index is 13.1. The number of benzene rings is 1. The fourth-order valence-electron chi connectivity index (χ4n) is 3.33. The summed E-state index contributed by atoms with van der Waals surface area (Å²) >= 11 is 0. The van der Waals surface area contributed by atoms with Crippen LogP contribution in [-0.4, -0.2) is 54.5 Å². The van der Waals surface area contributed by atoms with E-state index >= 15 is 0 Å². The minimum atomic E-state index is -3.84. The zero-order valence-corrected chi connectivity index (χ0v) is 17.6. The number of carbonyl (C=O) groups is 2. The number of rotatable bonds is 6. The lowest BCUT2D eigenvalue weighted by atomic mass is 9.99.